The summed E-state index contributed by atoms with van der Waals surface area (Å²) in [4.78, 5) is 5.32. The topological polar surface area (TPSA) is 6.02 Å². The van der Waals surface area contributed by atoms with Crippen LogP contribution in [0.2, 0.25) is 0 Å². The third kappa shape index (κ3) is 3.66. The Morgan fingerprint density at radius 3 is 0.781 bits per heavy atom. The van der Waals surface area contributed by atoms with Crippen molar-refractivity contribution in [2.24, 2.45) is 0 Å². The second kappa shape index (κ2) is 8.38. The third-order valence-corrected chi connectivity index (χ3v) is 7.03. The Labute approximate surface area is 190 Å². The van der Waals surface area contributed by atoms with Gasteiger partial charge in [0, 0.05) is 13.1 Å². The summed E-state index contributed by atoms with van der Waals surface area (Å²) in [5, 5.41) is 0. The minimum absolute atomic E-state index is 0.476. The highest BCUT2D eigenvalue weighted by Crippen LogP contribution is 2.57. The fourth-order valence-corrected chi connectivity index (χ4v) is 5.43. The Morgan fingerprint density at radius 2 is 0.562 bits per heavy atom. The van der Waals surface area contributed by atoms with Gasteiger partial charge in [0.25, 0.3) is 0 Å². The summed E-state index contributed by atoms with van der Waals surface area (Å²) < 4.78 is 0. The second-order valence-corrected chi connectivity index (χ2v) is 8.90. The van der Waals surface area contributed by atoms with Gasteiger partial charge in [0.1, 0.15) is 0 Å². The van der Waals surface area contributed by atoms with Gasteiger partial charge >= 0.3 is 0 Å². The summed E-state index contributed by atoms with van der Waals surface area (Å²) in [6.07, 6.45) is 0. The molecule has 2 nitrogen and oxygen atoms in total. The van der Waals surface area contributed by atoms with Gasteiger partial charge in [-0.2, -0.15) is 0 Å². The molecule has 4 aromatic carbocycles. The van der Waals surface area contributed by atoms with Crippen molar-refractivity contribution in [2.45, 2.75) is 24.2 Å². The van der Waals surface area contributed by atoms with Crippen molar-refractivity contribution >= 4 is 0 Å². The zero-order chi connectivity index (χ0) is 21.3. The highest BCUT2D eigenvalue weighted by atomic mass is 15.4. The number of hydrogen-bond donors (Lipinski definition) is 0. The quantitative estimate of drug-likeness (QED) is 0.314. The first-order valence-electron chi connectivity index (χ1n) is 11.6. The molecule has 0 spiro atoms. The van der Waals surface area contributed by atoms with Crippen molar-refractivity contribution in [3.63, 3.8) is 0 Å². The van der Waals surface area contributed by atoms with Crippen molar-refractivity contribution in [1.29, 1.82) is 0 Å². The van der Waals surface area contributed by atoms with Crippen LogP contribution in [-0.2, 0) is 0 Å². The van der Waals surface area contributed by atoms with E-state index in [0.717, 1.165) is 13.1 Å². The molecule has 2 heterocycles. The number of benzene rings is 4. The molecule has 4 aromatic rings. The van der Waals surface area contributed by atoms with Crippen molar-refractivity contribution in [3.05, 3.63) is 144 Å². The fourth-order valence-electron chi connectivity index (χ4n) is 5.43. The Morgan fingerprint density at radius 1 is 0.344 bits per heavy atom. The molecule has 2 aliphatic rings. The summed E-state index contributed by atoms with van der Waals surface area (Å²) in [5.74, 6) is 0. The molecule has 158 valence electrons. The average Bonchev–Trinajstić information content (AvgIpc) is 3.78. The van der Waals surface area contributed by atoms with E-state index >= 15 is 0 Å². The molecule has 0 amide bonds. The van der Waals surface area contributed by atoms with Gasteiger partial charge in [-0.3, -0.25) is 9.80 Å². The van der Waals surface area contributed by atoms with E-state index in [-0.39, 0.29) is 0 Å². The molecule has 0 bridgehead atoms. The van der Waals surface area contributed by atoms with E-state index in [9.17, 15) is 0 Å². The summed E-state index contributed by atoms with van der Waals surface area (Å²) >= 11 is 0. The Kier molecular flexibility index (Phi) is 5.10. The molecule has 0 aromatic heterocycles. The Balaban J connectivity index is 1.22. The summed E-state index contributed by atoms with van der Waals surface area (Å²) in [6.45, 7) is 2.15. The molecule has 2 aliphatic heterocycles. The molecule has 2 saturated heterocycles. The molecule has 6 rings (SSSR count). The molecule has 0 aliphatic carbocycles. The van der Waals surface area contributed by atoms with E-state index in [1.807, 2.05) is 0 Å². The predicted molar refractivity (Wildman–Crippen MR) is 130 cm³/mol. The van der Waals surface area contributed by atoms with Gasteiger partial charge in [-0.25, -0.2) is 0 Å². The van der Waals surface area contributed by atoms with Crippen LogP contribution in [0.25, 0.3) is 0 Å². The smallest absolute Gasteiger partial charge is 0.0552 e. The average molecular weight is 417 g/mol. The summed E-state index contributed by atoms with van der Waals surface area (Å²) in [5.41, 5.74) is 5.69. The normalized spacial score (nSPS) is 28.2. The van der Waals surface area contributed by atoms with Crippen LogP contribution in [0.15, 0.2) is 121 Å². The molecular formula is C30H28N2. The van der Waals surface area contributed by atoms with Crippen molar-refractivity contribution in [1.82, 2.24) is 9.80 Å². The minimum atomic E-state index is 0.476. The first-order chi connectivity index (χ1) is 15.9. The van der Waals surface area contributed by atoms with E-state index in [4.69, 9.17) is 0 Å². The minimum Gasteiger partial charge on any atom is -0.284 e. The van der Waals surface area contributed by atoms with Crippen LogP contribution in [0.5, 0.6) is 0 Å². The van der Waals surface area contributed by atoms with Gasteiger partial charge < -0.3 is 0 Å². The second-order valence-electron chi connectivity index (χ2n) is 8.90. The standard InChI is InChI=1S/C30H28N2/c1-5-13-23(14-6-1)27-28(24-15-7-2-8-16-24)31(27)21-22-32-29(25-17-9-3-10-18-25)30(32)26-19-11-4-12-20-26/h1-20,27-30H,21-22H2/t27-,28-,29-,30?,32?/m0/s1. The van der Waals surface area contributed by atoms with Gasteiger partial charge in [0.05, 0.1) is 24.2 Å². The maximum Gasteiger partial charge on any atom is 0.0552 e. The van der Waals surface area contributed by atoms with Crippen LogP contribution in [0.4, 0.5) is 0 Å². The SMILES string of the molecule is c1ccc(C2[C@H](c3ccccc3)N2CCN2[C@@H](c3ccccc3)[C@@H]2c2ccccc2)cc1. The predicted octanol–water partition coefficient (Wildman–Crippen LogP) is 6.58. The van der Waals surface area contributed by atoms with Crippen LogP contribution < -0.4 is 0 Å². The lowest BCUT2D eigenvalue weighted by atomic mass is 10.0. The summed E-state index contributed by atoms with van der Waals surface area (Å²) in [7, 11) is 0. The van der Waals surface area contributed by atoms with E-state index in [2.05, 4.69) is 131 Å². The van der Waals surface area contributed by atoms with E-state index < -0.39 is 0 Å². The molecule has 2 unspecified atom stereocenters. The van der Waals surface area contributed by atoms with E-state index in [1.54, 1.807) is 0 Å². The largest absolute Gasteiger partial charge is 0.284 e. The number of hydrogen-bond acceptors (Lipinski definition) is 2. The highest BCUT2D eigenvalue weighted by molar-refractivity contribution is 5.37. The van der Waals surface area contributed by atoms with Crippen LogP contribution in [0.3, 0.4) is 0 Å². The molecule has 5 atom stereocenters. The van der Waals surface area contributed by atoms with E-state index in [0.29, 0.717) is 24.2 Å². The molecule has 32 heavy (non-hydrogen) atoms. The Hall–Kier alpha value is -3.20. The molecule has 0 saturated carbocycles. The summed E-state index contributed by atoms with van der Waals surface area (Å²) in [6, 6.07) is 45.8. The molecular weight excluding hydrogens is 388 g/mol. The lowest BCUT2D eigenvalue weighted by Gasteiger charge is -2.08. The molecule has 2 fully saturated rings. The molecule has 2 heteroatoms. The van der Waals surface area contributed by atoms with E-state index in [1.165, 1.54) is 22.3 Å². The van der Waals surface area contributed by atoms with Gasteiger partial charge in [-0.15, -0.1) is 0 Å². The first kappa shape index (κ1) is 19.5. The maximum atomic E-state index is 2.66. The first-order valence-corrected chi connectivity index (χ1v) is 11.6. The molecule has 0 radical (unpaired) electrons. The lowest BCUT2D eigenvalue weighted by molar-refractivity contribution is 0.393. The third-order valence-electron chi connectivity index (χ3n) is 7.03. The van der Waals surface area contributed by atoms with Crippen molar-refractivity contribution < 1.29 is 0 Å². The monoisotopic (exact) mass is 416 g/mol. The van der Waals surface area contributed by atoms with Crippen LogP contribution in [0, 0.1) is 0 Å². The van der Waals surface area contributed by atoms with Crippen molar-refractivity contribution in [2.75, 3.05) is 13.1 Å². The number of rotatable bonds is 7. The zero-order valence-corrected chi connectivity index (χ0v) is 18.2. The lowest BCUT2D eigenvalue weighted by Crippen LogP contribution is -2.14. The number of nitrogens with zero attached hydrogens (tertiary/aromatic N) is 2. The highest BCUT2D eigenvalue weighted by Gasteiger charge is 2.52. The van der Waals surface area contributed by atoms with Gasteiger partial charge in [-0.05, 0) is 22.3 Å². The van der Waals surface area contributed by atoms with Crippen molar-refractivity contribution in [3.8, 4) is 0 Å². The zero-order valence-electron chi connectivity index (χ0n) is 18.2. The molecule has 0 N–H and O–H groups in total. The maximum absolute atomic E-state index is 2.66. The van der Waals surface area contributed by atoms with Gasteiger partial charge in [-0.1, -0.05) is 121 Å². The van der Waals surface area contributed by atoms with Crippen LogP contribution >= 0.6 is 0 Å². The Bertz CT molecular complexity index is 959. The fraction of sp³-hybridized carbons (Fsp3) is 0.200. The van der Waals surface area contributed by atoms with Crippen LogP contribution in [0.1, 0.15) is 46.4 Å². The van der Waals surface area contributed by atoms with Crippen LogP contribution in [-0.4, -0.2) is 22.9 Å². The van der Waals surface area contributed by atoms with Gasteiger partial charge in [0.15, 0.2) is 0 Å². The van der Waals surface area contributed by atoms with Gasteiger partial charge in [0.2, 0.25) is 0 Å².